The van der Waals surface area contributed by atoms with Gasteiger partial charge in [0, 0.05) is 44.0 Å². The Balaban J connectivity index is 1.50. The molecular weight excluding hydrogens is 349 g/mol. The van der Waals surface area contributed by atoms with Crippen LogP contribution in [0.3, 0.4) is 0 Å². The van der Waals surface area contributed by atoms with Crippen molar-refractivity contribution in [3.05, 3.63) is 65.5 Å². The maximum absolute atomic E-state index is 13.6. The second kappa shape index (κ2) is 8.53. The number of benzene rings is 2. The van der Waals surface area contributed by atoms with Gasteiger partial charge in [-0.1, -0.05) is 18.2 Å². The summed E-state index contributed by atoms with van der Waals surface area (Å²) in [5, 5.41) is 2.77. The van der Waals surface area contributed by atoms with Gasteiger partial charge in [-0.2, -0.15) is 0 Å². The molecule has 27 heavy (non-hydrogen) atoms. The molecule has 1 heterocycles. The predicted octanol–water partition coefficient (Wildman–Crippen LogP) is 2.64. The molecule has 0 unspecified atom stereocenters. The highest BCUT2D eigenvalue weighted by molar-refractivity contribution is 5.89. The molecule has 0 aromatic heterocycles. The molecule has 7 heteroatoms. The molecule has 0 atom stereocenters. The Labute approximate surface area is 157 Å². The first kappa shape index (κ1) is 18.7. The second-order valence-electron chi connectivity index (χ2n) is 6.26. The lowest BCUT2D eigenvalue weighted by molar-refractivity contribution is 0.0600. The van der Waals surface area contributed by atoms with Gasteiger partial charge in [-0.05, 0) is 30.3 Å². The highest BCUT2D eigenvalue weighted by atomic mass is 19.1. The van der Waals surface area contributed by atoms with Crippen LogP contribution in [-0.2, 0) is 11.3 Å². The number of urea groups is 1. The van der Waals surface area contributed by atoms with Gasteiger partial charge in [-0.3, -0.25) is 0 Å². The zero-order valence-electron chi connectivity index (χ0n) is 15.2. The molecule has 1 N–H and O–H groups in total. The Bertz CT molecular complexity index is 802. The first-order valence-corrected chi connectivity index (χ1v) is 8.78. The zero-order chi connectivity index (χ0) is 19.2. The van der Waals surface area contributed by atoms with Crippen molar-refractivity contribution in [2.45, 2.75) is 6.54 Å². The molecule has 3 rings (SSSR count). The molecule has 2 amide bonds. The molecule has 0 saturated carbocycles. The van der Waals surface area contributed by atoms with Crippen molar-refractivity contribution in [2.75, 3.05) is 38.2 Å². The number of methoxy groups -OCH3 is 1. The number of nitrogens with one attached hydrogen (secondary N) is 1. The Morgan fingerprint density at radius 3 is 2.33 bits per heavy atom. The van der Waals surface area contributed by atoms with Crippen molar-refractivity contribution < 1.29 is 18.7 Å². The van der Waals surface area contributed by atoms with Crippen LogP contribution in [-0.4, -0.2) is 50.2 Å². The lowest BCUT2D eigenvalue weighted by atomic mass is 10.2. The largest absolute Gasteiger partial charge is 0.465 e. The van der Waals surface area contributed by atoms with Crippen LogP contribution in [0.25, 0.3) is 0 Å². The minimum atomic E-state index is -0.363. The maximum atomic E-state index is 13.6. The number of amides is 2. The van der Waals surface area contributed by atoms with Crippen LogP contribution in [0.2, 0.25) is 0 Å². The van der Waals surface area contributed by atoms with Crippen LogP contribution < -0.4 is 10.2 Å². The quantitative estimate of drug-likeness (QED) is 0.840. The van der Waals surface area contributed by atoms with E-state index < -0.39 is 0 Å². The average Bonchev–Trinajstić information content (AvgIpc) is 2.72. The van der Waals surface area contributed by atoms with Crippen LogP contribution in [0.5, 0.6) is 0 Å². The third-order valence-corrected chi connectivity index (χ3v) is 4.61. The van der Waals surface area contributed by atoms with Crippen molar-refractivity contribution in [1.29, 1.82) is 0 Å². The van der Waals surface area contributed by atoms with E-state index in [4.69, 9.17) is 4.74 Å². The van der Waals surface area contributed by atoms with Crippen molar-refractivity contribution in [1.82, 2.24) is 10.2 Å². The summed E-state index contributed by atoms with van der Waals surface area (Å²) in [6, 6.07) is 13.4. The monoisotopic (exact) mass is 371 g/mol. The summed E-state index contributed by atoms with van der Waals surface area (Å²) >= 11 is 0. The van der Waals surface area contributed by atoms with Gasteiger partial charge in [-0.15, -0.1) is 0 Å². The Morgan fingerprint density at radius 2 is 1.70 bits per heavy atom. The number of halogens is 1. The Hall–Kier alpha value is -3.09. The van der Waals surface area contributed by atoms with Gasteiger partial charge in [0.1, 0.15) is 5.82 Å². The smallest absolute Gasteiger partial charge is 0.337 e. The maximum Gasteiger partial charge on any atom is 0.337 e. The van der Waals surface area contributed by atoms with Gasteiger partial charge >= 0.3 is 12.0 Å². The number of nitrogens with zero attached hydrogens (tertiary/aromatic N) is 2. The second-order valence-corrected chi connectivity index (χ2v) is 6.26. The summed E-state index contributed by atoms with van der Waals surface area (Å²) in [4.78, 5) is 27.7. The zero-order valence-corrected chi connectivity index (χ0v) is 15.2. The lowest BCUT2D eigenvalue weighted by Gasteiger charge is -2.36. The van der Waals surface area contributed by atoms with Gasteiger partial charge < -0.3 is 19.9 Å². The number of hydrogen-bond donors (Lipinski definition) is 1. The lowest BCUT2D eigenvalue weighted by Crippen LogP contribution is -2.51. The number of anilines is 1. The van der Waals surface area contributed by atoms with Gasteiger partial charge in [-0.25, -0.2) is 14.0 Å². The molecule has 1 aliphatic rings. The standard InChI is InChI=1S/C20H22FN3O3/c1-27-19(25)15-6-8-17(9-7-15)23-10-12-24(13-11-23)20(26)22-14-16-4-2-3-5-18(16)21/h2-9H,10-14H2,1H3,(H,22,26). The highest BCUT2D eigenvalue weighted by Crippen LogP contribution is 2.18. The van der Waals surface area contributed by atoms with Gasteiger partial charge in [0.2, 0.25) is 0 Å². The summed E-state index contributed by atoms with van der Waals surface area (Å²) in [7, 11) is 1.35. The van der Waals surface area contributed by atoms with E-state index in [1.807, 2.05) is 12.1 Å². The molecule has 2 aromatic carbocycles. The fraction of sp³-hybridized carbons (Fsp3) is 0.300. The summed E-state index contributed by atoms with van der Waals surface area (Å²) in [6.07, 6.45) is 0. The summed E-state index contributed by atoms with van der Waals surface area (Å²) in [5.74, 6) is -0.684. The van der Waals surface area contributed by atoms with E-state index in [0.29, 0.717) is 37.3 Å². The molecule has 2 aromatic rings. The van der Waals surface area contributed by atoms with Crippen LogP contribution in [0, 0.1) is 5.82 Å². The molecule has 6 nitrogen and oxygen atoms in total. The normalized spacial score (nSPS) is 14.0. The average molecular weight is 371 g/mol. The van der Waals surface area contributed by atoms with Crippen LogP contribution in [0.4, 0.5) is 14.9 Å². The molecule has 142 valence electrons. The fourth-order valence-electron chi connectivity index (χ4n) is 3.02. The molecule has 1 saturated heterocycles. The number of carbonyl (C=O) groups excluding carboxylic acids is 2. The van der Waals surface area contributed by atoms with Crippen LogP contribution >= 0.6 is 0 Å². The van der Waals surface area contributed by atoms with Crippen molar-refractivity contribution in [2.24, 2.45) is 0 Å². The summed E-state index contributed by atoms with van der Waals surface area (Å²) < 4.78 is 18.3. The number of ether oxygens (including phenoxy) is 1. The Kier molecular flexibility index (Phi) is 5.90. The van der Waals surface area contributed by atoms with Crippen LogP contribution in [0.1, 0.15) is 15.9 Å². The summed E-state index contributed by atoms with van der Waals surface area (Å²) in [6.45, 7) is 2.68. The molecule has 0 aliphatic carbocycles. The van der Waals surface area contributed by atoms with E-state index in [9.17, 15) is 14.0 Å². The SMILES string of the molecule is COC(=O)c1ccc(N2CCN(C(=O)NCc3ccccc3F)CC2)cc1. The number of hydrogen-bond acceptors (Lipinski definition) is 4. The van der Waals surface area contributed by atoms with E-state index in [0.717, 1.165) is 5.69 Å². The first-order chi connectivity index (χ1) is 13.1. The van der Waals surface area contributed by atoms with Crippen LogP contribution in [0.15, 0.2) is 48.5 Å². The molecule has 1 fully saturated rings. The van der Waals surface area contributed by atoms with Crippen molar-refractivity contribution in [3.8, 4) is 0 Å². The first-order valence-electron chi connectivity index (χ1n) is 8.78. The van der Waals surface area contributed by atoms with Gasteiger partial charge in [0.15, 0.2) is 0 Å². The van der Waals surface area contributed by atoms with E-state index >= 15 is 0 Å². The molecule has 0 radical (unpaired) electrons. The minimum absolute atomic E-state index is 0.167. The highest BCUT2D eigenvalue weighted by Gasteiger charge is 2.21. The molecule has 0 spiro atoms. The summed E-state index contributed by atoms with van der Waals surface area (Å²) in [5.41, 5.74) is 1.97. The van der Waals surface area contributed by atoms with Crippen molar-refractivity contribution in [3.63, 3.8) is 0 Å². The fourth-order valence-corrected chi connectivity index (χ4v) is 3.02. The topological polar surface area (TPSA) is 61.9 Å². The van der Waals surface area contributed by atoms with Crippen molar-refractivity contribution >= 4 is 17.7 Å². The number of esters is 1. The molecule has 0 bridgehead atoms. The number of carbonyl (C=O) groups is 2. The molecular formula is C20H22FN3O3. The van der Waals surface area contributed by atoms with E-state index in [1.165, 1.54) is 13.2 Å². The van der Waals surface area contributed by atoms with Gasteiger partial charge in [0.05, 0.1) is 12.7 Å². The third-order valence-electron chi connectivity index (χ3n) is 4.61. The van der Waals surface area contributed by atoms with E-state index in [1.54, 1.807) is 35.2 Å². The predicted molar refractivity (Wildman–Crippen MR) is 100 cm³/mol. The van der Waals surface area contributed by atoms with Gasteiger partial charge in [0.25, 0.3) is 0 Å². The minimum Gasteiger partial charge on any atom is -0.465 e. The van der Waals surface area contributed by atoms with E-state index in [2.05, 4.69) is 10.2 Å². The Morgan fingerprint density at radius 1 is 1.04 bits per heavy atom. The third kappa shape index (κ3) is 4.55. The number of rotatable bonds is 4. The molecule has 1 aliphatic heterocycles. The van der Waals surface area contributed by atoms with E-state index in [-0.39, 0.29) is 24.4 Å². The number of piperazine rings is 1.